The van der Waals surface area contributed by atoms with E-state index in [9.17, 15) is 9.90 Å². The van der Waals surface area contributed by atoms with Gasteiger partial charge in [-0.05, 0) is 49.2 Å². The van der Waals surface area contributed by atoms with Crippen molar-refractivity contribution in [2.24, 2.45) is 0 Å². The predicted molar refractivity (Wildman–Crippen MR) is 118 cm³/mol. The second-order valence-corrected chi connectivity index (χ2v) is 7.94. The van der Waals surface area contributed by atoms with Crippen molar-refractivity contribution in [1.82, 2.24) is 19.7 Å². The third-order valence-corrected chi connectivity index (χ3v) is 5.67. The molecule has 9 heteroatoms. The normalized spacial score (nSPS) is 10.9. The van der Waals surface area contributed by atoms with E-state index in [0.717, 1.165) is 22.5 Å². The van der Waals surface area contributed by atoms with Crippen LogP contribution in [0.25, 0.3) is 11.4 Å². The summed E-state index contributed by atoms with van der Waals surface area (Å²) in [6.07, 6.45) is 5.01. The van der Waals surface area contributed by atoms with Crippen molar-refractivity contribution >= 4 is 23.4 Å². The van der Waals surface area contributed by atoms with Crippen molar-refractivity contribution in [3.63, 3.8) is 0 Å². The Morgan fingerprint density at radius 1 is 1.16 bits per heavy atom. The fourth-order valence-electron chi connectivity index (χ4n) is 3.10. The summed E-state index contributed by atoms with van der Waals surface area (Å²) in [6, 6.07) is 10.8. The van der Waals surface area contributed by atoms with E-state index in [0.29, 0.717) is 23.2 Å². The molecule has 8 nitrogen and oxygen atoms in total. The van der Waals surface area contributed by atoms with Crippen LogP contribution in [0.1, 0.15) is 16.9 Å². The number of carbonyl (C=O) groups excluding carboxylic acids is 1. The fraction of sp³-hybridized carbons (Fsp3) is 0.182. The lowest BCUT2D eigenvalue weighted by atomic mass is 10.1. The maximum Gasteiger partial charge on any atom is 0.234 e. The molecule has 2 N–H and O–H groups in total. The quantitative estimate of drug-likeness (QED) is 0.422. The van der Waals surface area contributed by atoms with Gasteiger partial charge >= 0.3 is 0 Å². The van der Waals surface area contributed by atoms with Gasteiger partial charge in [0.15, 0.2) is 11.0 Å². The summed E-state index contributed by atoms with van der Waals surface area (Å²) in [4.78, 5) is 16.6. The second-order valence-electron chi connectivity index (χ2n) is 7.00. The zero-order valence-corrected chi connectivity index (χ0v) is 17.9. The topological polar surface area (TPSA) is 106 Å². The molecule has 4 rings (SSSR count). The monoisotopic (exact) mass is 435 g/mol. The maximum atomic E-state index is 12.5. The number of hydrogen-bond acceptors (Lipinski definition) is 7. The molecule has 0 aliphatic rings. The van der Waals surface area contributed by atoms with E-state index < -0.39 is 0 Å². The van der Waals surface area contributed by atoms with Gasteiger partial charge in [0.1, 0.15) is 11.5 Å². The summed E-state index contributed by atoms with van der Waals surface area (Å²) in [5, 5.41) is 22.0. The molecular formula is C22H21N5O3S. The van der Waals surface area contributed by atoms with Gasteiger partial charge in [-0.3, -0.25) is 14.3 Å². The first-order chi connectivity index (χ1) is 15.0. The summed E-state index contributed by atoms with van der Waals surface area (Å²) < 4.78 is 7.40. The van der Waals surface area contributed by atoms with Gasteiger partial charge in [0.2, 0.25) is 5.91 Å². The maximum absolute atomic E-state index is 12.5. The molecule has 1 amide bonds. The third kappa shape index (κ3) is 4.77. The van der Waals surface area contributed by atoms with Crippen molar-refractivity contribution in [1.29, 1.82) is 0 Å². The minimum Gasteiger partial charge on any atom is -0.508 e. The molecular weight excluding hydrogens is 414 g/mol. The van der Waals surface area contributed by atoms with Crippen LogP contribution in [0.5, 0.6) is 5.75 Å². The van der Waals surface area contributed by atoms with E-state index in [-0.39, 0.29) is 17.4 Å². The van der Waals surface area contributed by atoms with Gasteiger partial charge in [-0.1, -0.05) is 17.8 Å². The number of amides is 1. The molecule has 0 aliphatic carbocycles. The number of anilines is 1. The number of aryl methyl sites for hydroxylation is 2. The molecule has 0 saturated carbocycles. The average molecular weight is 436 g/mol. The molecule has 0 spiro atoms. The van der Waals surface area contributed by atoms with Crippen LogP contribution >= 0.6 is 11.8 Å². The van der Waals surface area contributed by atoms with Gasteiger partial charge in [0.25, 0.3) is 0 Å². The molecule has 0 radical (unpaired) electrons. The Morgan fingerprint density at radius 3 is 2.71 bits per heavy atom. The lowest BCUT2D eigenvalue weighted by molar-refractivity contribution is -0.113. The number of furan rings is 1. The Labute approximate surface area is 183 Å². The first kappa shape index (κ1) is 20.7. The van der Waals surface area contributed by atoms with Gasteiger partial charge in [-0.2, -0.15) is 0 Å². The highest BCUT2D eigenvalue weighted by Crippen LogP contribution is 2.27. The zero-order valence-electron chi connectivity index (χ0n) is 17.1. The number of aromatic nitrogens is 4. The molecule has 3 heterocycles. The number of nitrogens with one attached hydrogen (secondary N) is 1. The number of thioether (sulfide) groups is 1. The predicted octanol–water partition coefficient (Wildman–Crippen LogP) is 4.03. The molecule has 3 aromatic heterocycles. The van der Waals surface area contributed by atoms with Crippen molar-refractivity contribution in [2.45, 2.75) is 25.5 Å². The van der Waals surface area contributed by atoms with E-state index in [1.165, 1.54) is 11.8 Å². The van der Waals surface area contributed by atoms with Crippen LogP contribution in [-0.2, 0) is 11.3 Å². The van der Waals surface area contributed by atoms with Crippen LogP contribution < -0.4 is 5.32 Å². The lowest BCUT2D eigenvalue weighted by Crippen LogP contribution is -2.15. The van der Waals surface area contributed by atoms with E-state index in [4.69, 9.17) is 4.42 Å². The van der Waals surface area contributed by atoms with Crippen LogP contribution in [0.3, 0.4) is 0 Å². The number of aromatic hydroxyl groups is 1. The van der Waals surface area contributed by atoms with Crippen LogP contribution in [-0.4, -0.2) is 36.5 Å². The zero-order chi connectivity index (χ0) is 21.8. The van der Waals surface area contributed by atoms with Crippen molar-refractivity contribution in [2.75, 3.05) is 11.1 Å². The first-order valence-electron chi connectivity index (χ1n) is 9.60. The van der Waals surface area contributed by atoms with Gasteiger partial charge in [0, 0.05) is 29.7 Å². The molecule has 158 valence electrons. The minimum atomic E-state index is -0.200. The molecule has 0 saturated heterocycles. The van der Waals surface area contributed by atoms with E-state index in [1.54, 1.807) is 24.7 Å². The summed E-state index contributed by atoms with van der Waals surface area (Å²) in [7, 11) is 0. The molecule has 0 bridgehead atoms. The standard InChI is InChI=1S/C22H21N5O3S/c1-14-10-15(2)19(28)11-18(14)24-20(29)13-31-22-26-25-21(16-5-7-23-8-6-16)27(22)12-17-4-3-9-30-17/h3-11,28H,12-13H2,1-2H3,(H,24,29). The number of pyridine rings is 1. The molecule has 31 heavy (non-hydrogen) atoms. The SMILES string of the molecule is Cc1cc(C)c(NC(=O)CSc2nnc(-c3ccncc3)n2Cc2ccco2)cc1O. The highest BCUT2D eigenvalue weighted by atomic mass is 32.2. The third-order valence-electron chi connectivity index (χ3n) is 4.70. The van der Waals surface area contributed by atoms with Gasteiger partial charge < -0.3 is 14.8 Å². The fourth-order valence-corrected chi connectivity index (χ4v) is 3.84. The number of phenols is 1. The molecule has 0 fully saturated rings. The van der Waals surface area contributed by atoms with Gasteiger partial charge in [0.05, 0.1) is 18.6 Å². The number of benzene rings is 1. The Kier molecular flexibility index (Phi) is 6.03. The Morgan fingerprint density at radius 2 is 1.97 bits per heavy atom. The largest absolute Gasteiger partial charge is 0.508 e. The Bertz CT molecular complexity index is 1190. The van der Waals surface area contributed by atoms with E-state index in [2.05, 4.69) is 20.5 Å². The Balaban J connectivity index is 1.52. The number of carbonyl (C=O) groups is 1. The highest BCUT2D eigenvalue weighted by molar-refractivity contribution is 7.99. The van der Waals surface area contributed by atoms with Crippen LogP contribution in [0.2, 0.25) is 0 Å². The number of nitrogens with zero attached hydrogens (tertiary/aromatic N) is 4. The van der Waals surface area contributed by atoms with Crippen molar-refractivity contribution in [3.05, 3.63) is 71.9 Å². The summed E-state index contributed by atoms with van der Waals surface area (Å²) >= 11 is 1.28. The average Bonchev–Trinajstić information content (AvgIpc) is 3.41. The molecule has 4 aromatic rings. The Hall–Kier alpha value is -3.59. The summed E-state index contributed by atoms with van der Waals surface area (Å²) in [5.74, 6) is 1.51. The smallest absolute Gasteiger partial charge is 0.234 e. The highest BCUT2D eigenvalue weighted by Gasteiger charge is 2.17. The van der Waals surface area contributed by atoms with Crippen LogP contribution in [0.4, 0.5) is 5.69 Å². The second kappa shape index (κ2) is 9.05. The number of phenolic OH excluding ortho intramolecular Hbond substituents is 1. The van der Waals surface area contributed by atoms with Crippen molar-refractivity contribution in [3.8, 4) is 17.1 Å². The van der Waals surface area contributed by atoms with Crippen molar-refractivity contribution < 1.29 is 14.3 Å². The molecule has 1 aromatic carbocycles. The van der Waals surface area contributed by atoms with Crippen LogP contribution in [0.15, 0.2) is 64.6 Å². The molecule has 0 atom stereocenters. The minimum absolute atomic E-state index is 0.140. The molecule has 0 unspecified atom stereocenters. The van der Waals surface area contributed by atoms with Crippen LogP contribution in [0, 0.1) is 13.8 Å². The van der Waals surface area contributed by atoms with Gasteiger partial charge in [-0.25, -0.2) is 0 Å². The van der Waals surface area contributed by atoms with E-state index >= 15 is 0 Å². The number of hydrogen-bond donors (Lipinski definition) is 2. The molecule has 0 aliphatic heterocycles. The van der Waals surface area contributed by atoms with Gasteiger partial charge in [-0.15, -0.1) is 10.2 Å². The van der Waals surface area contributed by atoms with E-state index in [1.807, 2.05) is 48.7 Å². The summed E-state index contributed by atoms with van der Waals surface area (Å²) in [5.41, 5.74) is 3.11. The number of rotatable bonds is 7. The lowest BCUT2D eigenvalue weighted by Gasteiger charge is -2.11. The first-order valence-corrected chi connectivity index (χ1v) is 10.6. The summed E-state index contributed by atoms with van der Waals surface area (Å²) in [6.45, 7) is 4.14.